The Morgan fingerprint density at radius 3 is 2.46 bits per heavy atom. The molecule has 0 bridgehead atoms. The van der Waals surface area contributed by atoms with Crippen molar-refractivity contribution >= 4 is 5.78 Å². The van der Waals surface area contributed by atoms with Crippen molar-refractivity contribution in [1.82, 2.24) is 4.57 Å². The van der Waals surface area contributed by atoms with Gasteiger partial charge in [-0.25, -0.2) is 0 Å². The maximum absolute atomic E-state index is 11.1. The summed E-state index contributed by atoms with van der Waals surface area (Å²) in [5, 5.41) is 19.1. The SMILES string of the molecule is Cn1c(O)c2c(c1O)CC(=O)CC2. The molecule has 1 heterocycles. The van der Waals surface area contributed by atoms with Gasteiger partial charge in [0.2, 0.25) is 0 Å². The van der Waals surface area contributed by atoms with Gasteiger partial charge in [0.25, 0.3) is 0 Å². The van der Waals surface area contributed by atoms with Crippen molar-refractivity contribution in [1.29, 1.82) is 0 Å². The first-order valence-electron chi connectivity index (χ1n) is 4.21. The molecule has 4 nitrogen and oxygen atoms in total. The zero-order valence-electron chi connectivity index (χ0n) is 7.37. The number of aromatic nitrogens is 1. The molecule has 2 rings (SSSR count). The van der Waals surface area contributed by atoms with E-state index in [0.717, 1.165) is 5.56 Å². The van der Waals surface area contributed by atoms with E-state index in [1.807, 2.05) is 0 Å². The normalized spacial score (nSPS) is 15.9. The number of rotatable bonds is 0. The smallest absolute Gasteiger partial charge is 0.197 e. The number of fused-ring (bicyclic) bond motifs is 1. The predicted octanol–water partition coefficient (Wildman–Crippen LogP) is 0.494. The molecule has 0 fully saturated rings. The van der Waals surface area contributed by atoms with E-state index in [4.69, 9.17) is 0 Å². The Morgan fingerprint density at radius 1 is 1.15 bits per heavy atom. The minimum atomic E-state index is 0.0144. The summed E-state index contributed by atoms with van der Waals surface area (Å²) in [5.74, 6) is 0.217. The van der Waals surface area contributed by atoms with E-state index in [2.05, 4.69) is 0 Å². The van der Waals surface area contributed by atoms with E-state index in [9.17, 15) is 15.0 Å². The van der Waals surface area contributed by atoms with Gasteiger partial charge in [0.05, 0.1) is 0 Å². The molecule has 4 heteroatoms. The maximum Gasteiger partial charge on any atom is 0.197 e. The lowest BCUT2D eigenvalue weighted by Crippen LogP contribution is -2.11. The minimum absolute atomic E-state index is 0.0144. The Hall–Kier alpha value is -1.45. The first-order chi connectivity index (χ1) is 6.11. The fourth-order valence-electron chi connectivity index (χ4n) is 1.77. The summed E-state index contributed by atoms with van der Waals surface area (Å²) in [6.07, 6.45) is 1.24. The highest BCUT2D eigenvalue weighted by Crippen LogP contribution is 2.36. The lowest BCUT2D eigenvalue weighted by Gasteiger charge is -2.09. The van der Waals surface area contributed by atoms with Crippen molar-refractivity contribution in [3.63, 3.8) is 0 Å². The van der Waals surface area contributed by atoms with Crippen LogP contribution in [0.5, 0.6) is 11.8 Å². The van der Waals surface area contributed by atoms with Gasteiger partial charge in [-0.2, -0.15) is 0 Å². The first-order valence-corrected chi connectivity index (χ1v) is 4.21. The molecule has 0 aliphatic heterocycles. The summed E-state index contributed by atoms with van der Waals surface area (Å²) in [6.45, 7) is 0. The molecule has 0 spiro atoms. The lowest BCUT2D eigenvalue weighted by molar-refractivity contribution is -0.118. The number of hydrogen-bond acceptors (Lipinski definition) is 3. The van der Waals surface area contributed by atoms with Gasteiger partial charge in [-0.1, -0.05) is 0 Å². The second kappa shape index (κ2) is 2.52. The fourth-order valence-corrected chi connectivity index (χ4v) is 1.77. The van der Waals surface area contributed by atoms with Gasteiger partial charge in [-0.3, -0.25) is 9.36 Å². The number of ketones is 1. The molecule has 1 aliphatic rings. The highest BCUT2D eigenvalue weighted by molar-refractivity contribution is 5.84. The largest absolute Gasteiger partial charge is 0.494 e. The molecular formula is C9H11NO3. The summed E-state index contributed by atoms with van der Waals surface area (Å²) >= 11 is 0. The van der Waals surface area contributed by atoms with Crippen LogP contribution in [0.15, 0.2) is 0 Å². The zero-order chi connectivity index (χ0) is 9.59. The summed E-state index contributed by atoms with van der Waals surface area (Å²) in [4.78, 5) is 11.1. The molecule has 0 saturated heterocycles. The van der Waals surface area contributed by atoms with Crippen LogP contribution in [0.25, 0.3) is 0 Å². The quantitative estimate of drug-likeness (QED) is 0.612. The molecule has 0 radical (unpaired) electrons. The molecule has 1 aromatic heterocycles. The number of hydrogen-bond donors (Lipinski definition) is 2. The van der Waals surface area contributed by atoms with Crippen molar-refractivity contribution in [3.05, 3.63) is 11.1 Å². The van der Waals surface area contributed by atoms with Crippen molar-refractivity contribution < 1.29 is 15.0 Å². The Balaban J connectivity index is 2.59. The van der Waals surface area contributed by atoms with Gasteiger partial charge in [0.1, 0.15) is 5.78 Å². The number of nitrogens with zero attached hydrogens (tertiary/aromatic N) is 1. The summed E-state index contributed by atoms with van der Waals surface area (Å²) < 4.78 is 1.31. The number of carbonyl (C=O) groups is 1. The Bertz CT molecular complexity index is 379. The van der Waals surface area contributed by atoms with Crippen molar-refractivity contribution in [2.45, 2.75) is 19.3 Å². The van der Waals surface area contributed by atoms with Gasteiger partial charge in [0.15, 0.2) is 11.8 Å². The zero-order valence-corrected chi connectivity index (χ0v) is 7.37. The summed E-state index contributed by atoms with van der Waals surface area (Å²) in [6, 6.07) is 0. The van der Waals surface area contributed by atoms with E-state index in [0.29, 0.717) is 18.4 Å². The van der Waals surface area contributed by atoms with Crippen LogP contribution in [0.3, 0.4) is 0 Å². The molecule has 13 heavy (non-hydrogen) atoms. The van der Waals surface area contributed by atoms with Crippen molar-refractivity contribution in [3.8, 4) is 11.8 Å². The van der Waals surface area contributed by atoms with Crippen LogP contribution in [-0.4, -0.2) is 20.6 Å². The standard InChI is InChI=1S/C9H11NO3/c1-10-8(12)6-3-2-5(11)4-7(6)9(10)13/h12-13H,2-4H2,1H3. The second-order valence-corrected chi connectivity index (χ2v) is 3.38. The van der Waals surface area contributed by atoms with Crippen molar-refractivity contribution in [2.75, 3.05) is 0 Å². The molecule has 0 unspecified atom stereocenters. The fraction of sp³-hybridized carbons (Fsp3) is 0.444. The molecule has 0 saturated carbocycles. The third-order valence-corrected chi connectivity index (χ3v) is 2.57. The third kappa shape index (κ3) is 1.02. The van der Waals surface area contributed by atoms with Gasteiger partial charge in [0, 0.05) is 31.0 Å². The first kappa shape index (κ1) is 8.16. The molecule has 0 atom stereocenters. The van der Waals surface area contributed by atoms with Gasteiger partial charge < -0.3 is 10.2 Å². The molecule has 1 aliphatic carbocycles. The van der Waals surface area contributed by atoms with E-state index in [1.165, 1.54) is 4.57 Å². The number of Topliss-reactive ketones (excluding diaryl/α,β-unsaturated/α-hetero) is 1. The Morgan fingerprint density at radius 2 is 1.77 bits per heavy atom. The van der Waals surface area contributed by atoms with Gasteiger partial charge in [-0.05, 0) is 6.42 Å². The Labute approximate surface area is 75.4 Å². The summed E-state index contributed by atoms with van der Waals surface area (Å²) in [7, 11) is 1.58. The number of carbonyl (C=O) groups excluding carboxylic acids is 1. The van der Waals surface area contributed by atoms with E-state index >= 15 is 0 Å². The number of aromatic hydroxyl groups is 2. The van der Waals surface area contributed by atoms with Crippen LogP contribution in [0, 0.1) is 0 Å². The van der Waals surface area contributed by atoms with Crippen LogP contribution in [0.4, 0.5) is 0 Å². The second-order valence-electron chi connectivity index (χ2n) is 3.38. The third-order valence-electron chi connectivity index (χ3n) is 2.57. The average Bonchev–Trinajstić information content (AvgIpc) is 2.32. The van der Waals surface area contributed by atoms with E-state index in [-0.39, 0.29) is 24.0 Å². The highest BCUT2D eigenvalue weighted by atomic mass is 16.3. The van der Waals surface area contributed by atoms with E-state index < -0.39 is 0 Å². The molecule has 70 valence electrons. The van der Waals surface area contributed by atoms with E-state index in [1.54, 1.807) is 7.05 Å². The lowest BCUT2D eigenvalue weighted by atomic mass is 9.94. The van der Waals surface area contributed by atoms with Crippen LogP contribution in [0.2, 0.25) is 0 Å². The molecule has 0 aromatic carbocycles. The van der Waals surface area contributed by atoms with Crippen LogP contribution >= 0.6 is 0 Å². The van der Waals surface area contributed by atoms with Crippen LogP contribution in [0.1, 0.15) is 17.5 Å². The maximum atomic E-state index is 11.1. The average molecular weight is 181 g/mol. The Kier molecular flexibility index (Phi) is 1.58. The van der Waals surface area contributed by atoms with Crippen LogP contribution < -0.4 is 0 Å². The molecular weight excluding hydrogens is 170 g/mol. The molecule has 1 aromatic rings. The van der Waals surface area contributed by atoms with Gasteiger partial charge >= 0.3 is 0 Å². The van der Waals surface area contributed by atoms with Gasteiger partial charge in [-0.15, -0.1) is 0 Å². The van der Waals surface area contributed by atoms with Crippen molar-refractivity contribution in [2.24, 2.45) is 7.05 Å². The minimum Gasteiger partial charge on any atom is -0.494 e. The monoisotopic (exact) mass is 181 g/mol. The topological polar surface area (TPSA) is 62.5 Å². The molecule has 0 amide bonds. The summed E-state index contributed by atoms with van der Waals surface area (Å²) in [5.41, 5.74) is 1.32. The van der Waals surface area contributed by atoms with Crippen LogP contribution in [-0.2, 0) is 24.7 Å². The predicted molar refractivity (Wildman–Crippen MR) is 45.8 cm³/mol. The highest BCUT2D eigenvalue weighted by Gasteiger charge is 2.26. The molecule has 2 N–H and O–H groups in total.